The van der Waals surface area contributed by atoms with Crippen LogP contribution in [-0.2, 0) is 12.8 Å². The molecular formula is C19H20ClN3S2. The maximum absolute atomic E-state index is 5.95. The zero-order chi connectivity index (χ0) is 17.6. The van der Waals surface area contributed by atoms with Crippen LogP contribution in [0.2, 0.25) is 0 Å². The second-order valence-electron chi connectivity index (χ2n) is 6.70. The van der Waals surface area contributed by atoms with Gasteiger partial charge in [-0.2, -0.15) is 0 Å². The number of aromatic nitrogens is 3. The van der Waals surface area contributed by atoms with E-state index in [1.54, 1.807) is 29.4 Å². The molecule has 3 heterocycles. The van der Waals surface area contributed by atoms with Crippen LogP contribution in [0, 0.1) is 0 Å². The molecule has 0 aromatic carbocycles. The first-order valence-corrected chi connectivity index (χ1v) is 10.8. The standard InChI is InChI=1S/C19H20ClN3S2/c1-10(2)15-13-6-4-5-12(13)14-16-17(25-18(14)23-15)19(22-9-21-16)24-8-7-11(3)20/h7,9-10H,4-6,8H2,1-3H3/b11-7-. The summed E-state index contributed by atoms with van der Waals surface area (Å²) in [4.78, 5) is 15.3. The van der Waals surface area contributed by atoms with Crippen molar-refractivity contribution in [1.82, 2.24) is 15.0 Å². The van der Waals surface area contributed by atoms with Crippen molar-refractivity contribution in [1.29, 1.82) is 0 Å². The van der Waals surface area contributed by atoms with Crippen molar-refractivity contribution < 1.29 is 0 Å². The van der Waals surface area contributed by atoms with Crippen LogP contribution in [0.5, 0.6) is 0 Å². The Kier molecular flexibility index (Phi) is 4.73. The summed E-state index contributed by atoms with van der Waals surface area (Å²) in [6.45, 7) is 6.38. The Hall–Kier alpha value is -1.17. The Bertz CT molecular complexity index is 987. The van der Waals surface area contributed by atoms with Crippen molar-refractivity contribution in [3.8, 4) is 0 Å². The van der Waals surface area contributed by atoms with Crippen LogP contribution >= 0.6 is 34.7 Å². The van der Waals surface area contributed by atoms with Crippen molar-refractivity contribution in [3.05, 3.63) is 34.3 Å². The minimum Gasteiger partial charge on any atom is -0.241 e. The van der Waals surface area contributed by atoms with Gasteiger partial charge < -0.3 is 0 Å². The molecule has 0 spiro atoms. The van der Waals surface area contributed by atoms with Gasteiger partial charge in [-0.1, -0.05) is 31.5 Å². The summed E-state index contributed by atoms with van der Waals surface area (Å²) < 4.78 is 1.16. The fourth-order valence-corrected chi connectivity index (χ4v) is 5.88. The number of nitrogens with zero attached hydrogens (tertiary/aromatic N) is 3. The van der Waals surface area contributed by atoms with Gasteiger partial charge in [0.15, 0.2) is 0 Å². The lowest BCUT2D eigenvalue weighted by Gasteiger charge is -2.11. The average Bonchev–Trinajstić information content (AvgIpc) is 3.17. The second-order valence-corrected chi connectivity index (χ2v) is 9.31. The first kappa shape index (κ1) is 17.3. The molecule has 0 bridgehead atoms. The summed E-state index contributed by atoms with van der Waals surface area (Å²) in [6, 6.07) is 0. The molecule has 4 rings (SSSR count). The first-order chi connectivity index (χ1) is 12.1. The molecule has 0 unspecified atom stereocenters. The number of hydrogen-bond acceptors (Lipinski definition) is 5. The summed E-state index contributed by atoms with van der Waals surface area (Å²) in [5, 5.41) is 3.11. The van der Waals surface area contributed by atoms with Gasteiger partial charge in [-0.25, -0.2) is 15.0 Å². The SMILES string of the molecule is C/C(Cl)=C/CSc1ncnc2c1sc1nc(C(C)C)c3c(c12)CCC3. The normalized spacial score (nSPS) is 14.8. The number of halogens is 1. The molecule has 0 aliphatic heterocycles. The number of hydrogen-bond donors (Lipinski definition) is 0. The Morgan fingerprint density at radius 3 is 2.88 bits per heavy atom. The lowest BCUT2D eigenvalue weighted by Crippen LogP contribution is -2.00. The highest BCUT2D eigenvalue weighted by atomic mass is 35.5. The molecule has 25 heavy (non-hydrogen) atoms. The van der Waals surface area contributed by atoms with Gasteiger partial charge in [0.05, 0.1) is 10.2 Å². The lowest BCUT2D eigenvalue weighted by atomic mass is 9.99. The third-order valence-electron chi connectivity index (χ3n) is 4.60. The van der Waals surface area contributed by atoms with E-state index in [-0.39, 0.29) is 0 Å². The highest BCUT2D eigenvalue weighted by Gasteiger charge is 2.25. The van der Waals surface area contributed by atoms with Gasteiger partial charge in [-0.15, -0.1) is 23.1 Å². The number of rotatable bonds is 4. The Morgan fingerprint density at radius 2 is 2.12 bits per heavy atom. The average molecular weight is 390 g/mol. The molecule has 0 amide bonds. The molecule has 130 valence electrons. The van der Waals surface area contributed by atoms with E-state index >= 15 is 0 Å². The molecule has 6 heteroatoms. The molecule has 0 radical (unpaired) electrons. The zero-order valence-corrected chi connectivity index (χ0v) is 17.0. The van der Waals surface area contributed by atoms with E-state index in [9.17, 15) is 0 Å². The summed E-state index contributed by atoms with van der Waals surface area (Å²) in [5.74, 6) is 1.27. The first-order valence-electron chi connectivity index (χ1n) is 8.60. The van der Waals surface area contributed by atoms with E-state index in [2.05, 4.69) is 23.8 Å². The molecule has 3 nitrogen and oxygen atoms in total. The maximum atomic E-state index is 5.95. The van der Waals surface area contributed by atoms with E-state index < -0.39 is 0 Å². The molecule has 0 fully saturated rings. The van der Waals surface area contributed by atoms with Crippen LogP contribution in [0.3, 0.4) is 0 Å². The third-order valence-corrected chi connectivity index (χ3v) is 6.88. The topological polar surface area (TPSA) is 38.7 Å². The Morgan fingerprint density at radius 1 is 1.32 bits per heavy atom. The fraction of sp³-hybridized carbons (Fsp3) is 0.421. The molecular weight excluding hydrogens is 370 g/mol. The summed E-state index contributed by atoms with van der Waals surface area (Å²) in [7, 11) is 0. The number of pyridine rings is 1. The molecule has 3 aromatic heterocycles. The minimum absolute atomic E-state index is 0.457. The number of allylic oxidation sites excluding steroid dienone is 1. The van der Waals surface area contributed by atoms with Crippen LogP contribution < -0.4 is 0 Å². The molecule has 0 saturated carbocycles. The fourth-order valence-electron chi connectivity index (χ4n) is 3.52. The van der Waals surface area contributed by atoms with Crippen LogP contribution in [0.25, 0.3) is 20.4 Å². The summed E-state index contributed by atoms with van der Waals surface area (Å²) in [6.07, 6.45) is 7.21. The molecule has 3 aromatic rings. The van der Waals surface area contributed by atoms with Gasteiger partial charge in [0.1, 0.15) is 16.2 Å². The van der Waals surface area contributed by atoms with Crippen LogP contribution in [0.15, 0.2) is 22.5 Å². The largest absolute Gasteiger partial charge is 0.241 e. The predicted octanol–water partition coefficient (Wildman–Crippen LogP) is 6.09. The van der Waals surface area contributed by atoms with Crippen molar-refractivity contribution in [2.24, 2.45) is 0 Å². The van der Waals surface area contributed by atoms with E-state index in [4.69, 9.17) is 16.6 Å². The van der Waals surface area contributed by atoms with Crippen LogP contribution in [-0.4, -0.2) is 20.7 Å². The summed E-state index contributed by atoms with van der Waals surface area (Å²) in [5.41, 5.74) is 5.29. The Labute approximate surface area is 160 Å². The van der Waals surface area contributed by atoms with E-state index in [0.717, 1.165) is 43.7 Å². The predicted molar refractivity (Wildman–Crippen MR) is 109 cm³/mol. The highest BCUT2D eigenvalue weighted by Crippen LogP contribution is 2.42. The van der Waals surface area contributed by atoms with E-state index in [0.29, 0.717) is 5.92 Å². The van der Waals surface area contributed by atoms with Crippen molar-refractivity contribution >= 4 is 55.1 Å². The minimum atomic E-state index is 0.457. The van der Waals surface area contributed by atoms with Crippen LogP contribution in [0.4, 0.5) is 0 Å². The zero-order valence-electron chi connectivity index (χ0n) is 14.6. The molecule has 1 aliphatic rings. The van der Waals surface area contributed by atoms with Gasteiger partial charge in [0, 0.05) is 21.9 Å². The highest BCUT2D eigenvalue weighted by molar-refractivity contribution is 7.99. The Balaban J connectivity index is 1.92. The molecule has 0 N–H and O–H groups in total. The van der Waals surface area contributed by atoms with Gasteiger partial charge >= 0.3 is 0 Å². The van der Waals surface area contributed by atoms with Gasteiger partial charge in [0.25, 0.3) is 0 Å². The number of fused-ring (bicyclic) bond motifs is 5. The molecule has 0 atom stereocenters. The van der Waals surface area contributed by atoms with Gasteiger partial charge in [-0.3, -0.25) is 0 Å². The number of thioether (sulfide) groups is 1. The number of aryl methyl sites for hydroxylation is 1. The molecule has 0 saturated heterocycles. The number of thiophene rings is 1. The second kappa shape index (κ2) is 6.86. The summed E-state index contributed by atoms with van der Waals surface area (Å²) >= 11 is 9.39. The van der Waals surface area contributed by atoms with Crippen molar-refractivity contribution in [2.75, 3.05) is 5.75 Å². The van der Waals surface area contributed by atoms with Gasteiger partial charge in [-0.05, 0) is 43.2 Å². The quantitative estimate of drug-likeness (QED) is 0.400. The van der Waals surface area contributed by atoms with E-state index in [1.807, 2.05) is 13.0 Å². The smallest absolute Gasteiger partial charge is 0.126 e. The van der Waals surface area contributed by atoms with Crippen LogP contribution in [0.1, 0.15) is 49.9 Å². The van der Waals surface area contributed by atoms with Crippen molar-refractivity contribution in [3.63, 3.8) is 0 Å². The monoisotopic (exact) mass is 389 g/mol. The van der Waals surface area contributed by atoms with Gasteiger partial charge in [0.2, 0.25) is 0 Å². The third kappa shape index (κ3) is 3.07. The maximum Gasteiger partial charge on any atom is 0.126 e. The molecule has 1 aliphatic carbocycles. The lowest BCUT2D eigenvalue weighted by molar-refractivity contribution is 0.805. The van der Waals surface area contributed by atoms with E-state index in [1.165, 1.54) is 28.6 Å². The van der Waals surface area contributed by atoms with Crippen molar-refractivity contribution in [2.45, 2.75) is 51.0 Å².